The van der Waals surface area contributed by atoms with Crippen LogP contribution in [0.2, 0.25) is 0 Å². The summed E-state index contributed by atoms with van der Waals surface area (Å²) in [5.74, 6) is 0.643. The lowest BCUT2D eigenvalue weighted by molar-refractivity contribution is -0.116. The molecular weight excluding hydrogens is 388 g/mol. The van der Waals surface area contributed by atoms with Gasteiger partial charge in [0, 0.05) is 12.6 Å². The summed E-state index contributed by atoms with van der Waals surface area (Å²) in [5, 5.41) is 6.98. The van der Waals surface area contributed by atoms with Gasteiger partial charge in [-0.2, -0.15) is 5.10 Å². The normalized spacial score (nSPS) is 10.8. The van der Waals surface area contributed by atoms with E-state index in [1.54, 1.807) is 17.1 Å². The molecule has 4 rings (SSSR count). The van der Waals surface area contributed by atoms with Crippen molar-refractivity contribution in [2.45, 2.75) is 13.2 Å². The largest absolute Gasteiger partial charge is 0.489 e. The van der Waals surface area contributed by atoms with Crippen LogP contribution in [-0.4, -0.2) is 20.7 Å². The van der Waals surface area contributed by atoms with Gasteiger partial charge in [-0.3, -0.25) is 4.79 Å². The molecule has 4 aromatic rings. The zero-order chi connectivity index (χ0) is 21.3. The highest BCUT2D eigenvalue weighted by atomic mass is 16.5. The number of rotatable bonds is 8. The minimum Gasteiger partial charge on any atom is -0.489 e. The van der Waals surface area contributed by atoms with E-state index >= 15 is 0 Å². The van der Waals surface area contributed by atoms with Crippen molar-refractivity contribution in [3.8, 4) is 11.4 Å². The molecule has 0 aliphatic carbocycles. The van der Waals surface area contributed by atoms with Gasteiger partial charge in [0.25, 0.3) is 0 Å². The van der Waals surface area contributed by atoms with Crippen LogP contribution in [-0.2, 0) is 17.9 Å². The number of amides is 1. The van der Waals surface area contributed by atoms with Gasteiger partial charge in [0.2, 0.25) is 5.91 Å². The average molecular weight is 410 g/mol. The molecule has 31 heavy (non-hydrogen) atoms. The SMILES string of the molecule is O=C(/C=C/c1ccc(OCc2ccccc2)cc1)NCc1ccc(-n2cncn2)cc1. The van der Waals surface area contributed by atoms with Crippen molar-refractivity contribution in [1.82, 2.24) is 20.1 Å². The summed E-state index contributed by atoms with van der Waals surface area (Å²) >= 11 is 0. The number of carbonyl (C=O) groups is 1. The molecule has 6 heteroatoms. The molecule has 0 bridgehead atoms. The van der Waals surface area contributed by atoms with Crippen molar-refractivity contribution in [3.63, 3.8) is 0 Å². The first-order valence-corrected chi connectivity index (χ1v) is 9.93. The van der Waals surface area contributed by atoms with Gasteiger partial charge in [-0.25, -0.2) is 9.67 Å². The van der Waals surface area contributed by atoms with Gasteiger partial charge in [-0.15, -0.1) is 0 Å². The molecule has 154 valence electrons. The first-order chi connectivity index (χ1) is 15.3. The molecule has 6 nitrogen and oxygen atoms in total. The fraction of sp³-hybridized carbons (Fsp3) is 0.0800. The molecular formula is C25H22N4O2. The van der Waals surface area contributed by atoms with Crippen LogP contribution in [0, 0.1) is 0 Å². The predicted molar refractivity (Wildman–Crippen MR) is 119 cm³/mol. The van der Waals surface area contributed by atoms with E-state index in [0.717, 1.165) is 28.1 Å². The Balaban J connectivity index is 1.24. The van der Waals surface area contributed by atoms with Gasteiger partial charge in [-0.05, 0) is 47.0 Å². The lowest BCUT2D eigenvalue weighted by Gasteiger charge is -2.06. The smallest absolute Gasteiger partial charge is 0.244 e. The average Bonchev–Trinajstić information content (AvgIpc) is 3.37. The van der Waals surface area contributed by atoms with Crippen LogP contribution in [0.1, 0.15) is 16.7 Å². The summed E-state index contributed by atoms with van der Waals surface area (Å²) in [7, 11) is 0. The highest BCUT2D eigenvalue weighted by Gasteiger charge is 2.00. The summed E-state index contributed by atoms with van der Waals surface area (Å²) in [6.45, 7) is 0.977. The number of hydrogen-bond donors (Lipinski definition) is 1. The number of carbonyl (C=O) groups excluding carboxylic acids is 1. The third kappa shape index (κ3) is 5.90. The Morgan fingerprint density at radius 3 is 2.42 bits per heavy atom. The van der Waals surface area contributed by atoms with Gasteiger partial charge in [0.1, 0.15) is 25.0 Å². The fourth-order valence-electron chi connectivity index (χ4n) is 2.94. The molecule has 1 N–H and O–H groups in total. The second kappa shape index (κ2) is 10.0. The first-order valence-electron chi connectivity index (χ1n) is 9.93. The van der Waals surface area contributed by atoms with Crippen LogP contribution in [0.3, 0.4) is 0 Å². The summed E-state index contributed by atoms with van der Waals surface area (Å²) in [4.78, 5) is 16.1. The Morgan fingerprint density at radius 2 is 1.71 bits per heavy atom. The van der Waals surface area contributed by atoms with Gasteiger partial charge in [0.15, 0.2) is 0 Å². The van der Waals surface area contributed by atoms with Gasteiger partial charge < -0.3 is 10.1 Å². The van der Waals surface area contributed by atoms with E-state index in [1.165, 1.54) is 12.4 Å². The maximum atomic E-state index is 12.1. The number of hydrogen-bond acceptors (Lipinski definition) is 4. The minimum atomic E-state index is -0.148. The maximum absolute atomic E-state index is 12.1. The lowest BCUT2D eigenvalue weighted by atomic mass is 10.2. The molecule has 0 aliphatic rings. The summed E-state index contributed by atoms with van der Waals surface area (Å²) < 4.78 is 7.46. The molecule has 0 saturated carbocycles. The molecule has 1 heterocycles. The Kier molecular flexibility index (Phi) is 6.50. The topological polar surface area (TPSA) is 69.0 Å². The molecule has 3 aromatic carbocycles. The Hall–Kier alpha value is -4.19. The molecule has 0 unspecified atom stereocenters. The van der Waals surface area contributed by atoms with Crippen molar-refractivity contribution in [2.75, 3.05) is 0 Å². The lowest BCUT2D eigenvalue weighted by Crippen LogP contribution is -2.20. The van der Waals surface area contributed by atoms with Gasteiger partial charge in [0.05, 0.1) is 5.69 Å². The molecule has 0 spiro atoms. The number of benzene rings is 3. The van der Waals surface area contributed by atoms with E-state index in [9.17, 15) is 4.79 Å². The minimum absolute atomic E-state index is 0.148. The highest BCUT2D eigenvalue weighted by molar-refractivity contribution is 5.91. The van der Waals surface area contributed by atoms with Crippen molar-refractivity contribution in [1.29, 1.82) is 0 Å². The third-order valence-corrected chi connectivity index (χ3v) is 4.64. The summed E-state index contributed by atoms with van der Waals surface area (Å²) in [5.41, 5.74) is 3.98. The Bertz CT molecular complexity index is 1120. The monoisotopic (exact) mass is 410 g/mol. The molecule has 1 amide bonds. The van der Waals surface area contributed by atoms with Crippen LogP contribution >= 0.6 is 0 Å². The number of ether oxygens (including phenoxy) is 1. The third-order valence-electron chi connectivity index (χ3n) is 4.64. The van der Waals surface area contributed by atoms with Gasteiger partial charge in [-0.1, -0.05) is 54.6 Å². The summed E-state index contributed by atoms with van der Waals surface area (Å²) in [6.07, 6.45) is 6.45. The first kappa shape index (κ1) is 20.1. The zero-order valence-corrected chi connectivity index (χ0v) is 16.9. The molecule has 0 fully saturated rings. The van der Waals surface area contributed by atoms with E-state index in [4.69, 9.17) is 4.74 Å². The predicted octanol–water partition coefficient (Wildman–Crippen LogP) is 4.18. The quantitative estimate of drug-likeness (QED) is 0.443. The zero-order valence-electron chi connectivity index (χ0n) is 16.9. The van der Waals surface area contributed by atoms with E-state index in [-0.39, 0.29) is 5.91 Å². The molecule has 0 aliphatic heterocycles. The molecule has 0 atom stereocenters. The second-order valence-corrected chi connectivity index (χ2v) is 6.90. The fourth-order valence-corrected chi connectivity index (χ4v) is 2.94. The van der Waals surface area contributed by atoms with Crippen molar-refractivity contribution >= 4 is 12.0 Å². The Morgan fingerprint density at radius 1 is 0.935 bits per heavy atom. The van der Waals surface area contributed by atoms with E-state index in [2.05, 4.69) is 15.4 Å². The summed E-state index contributed by atoms with van der Waals surface area (Å²) in [6, 6.07) is 25.5. The van der Waals surface area contributed by atoms with Crippen LogP contribution in [0.15, 0.2) is 97.6 Å². The number of nitrogens with zero attached hydrogens (tertiary/aromatic N) is 3. The van der Waals surface area contributed by atoms with Crippen molar-refractivity contribution in [3.05, 3.63) is 114 Å². The second-order valence-electron chi connectivity index (χ2n) is 6.90. The van der Waals surface area contributed by atoms with E-state index in [0.29, 0.717) is 13.2 Å². The number of nitrogens with one attached hydrogen (secondary N) is 1. The van der Waals surface area contributed by atoms with Crippen molar-refractivity contribution in [2.24, 2.45) is 0 Å². The van der Waals surface area contributed by atoms with Crippen LogP contribution in [0.5, 0.6) is 5.75 Å². The van der Waals surface area contributed by atoms with Crippen molar-refractivity contribution < 1.29 is 9.53 Å². The van der Waals surface area contributed by atoms with Crippen LogP contribution < -0.4 is 10.1 Å². The van der Waals surface area contributed by atoms with Gasteiger partial charge >= 0.3 is 0 Å². The van der Waals surface area contributed by atoms with Crippen LogP contribution in [0.25, 0.3) is 11.8 Å². The standard InChI is InChI=1S/C25H22N4O2/c30-25(27-16-21-6-11-23(12-7-21)29-19-26-18-28-29)15-10-20-8-13-24(14-9-20)31-17-22-4-2-1-3-5-22/h1-15,18-19H,16-17H2,(H,27,30)/b15-10+. The molecule has 0 saturated heterocycles. The highest BCUT2D eigenvalue weighted by Crippen LogP contribution is 2.15. The van der Waals surface area contributed by atoms with E-state index in [1.807, 2.05) is 78.9 Å². The Labute approximate surface area is 180 Å². The number of aromatic nitrogens is 3. The molecule has 0 radical (unpaired) electrons. The van der Waals surface area contributed by atoms with E-state index < -0.39 is 0 Å². The maximum Gasteiger partial charge on any atom is 0.244 e. The molecule has 1 aromatic heterocycles. The van der Waals surface area contributed by atoms with Crippen LogP contribution in [0.4, 0.5) is 0 Å².